The number of carbonyl (C=O) groups is 1. The molecule has 0 aliphatic carbocycles. The number of phenolic OH excluding ortho intramolecular Hbond substituents is 1. The van der Waals surface area contributed by atoms with Gasteiger partial charge in [-0.25, -0.2) is 5.43 Å². The van der Waals surface area contributed by atoms with Crippen molar-refractivity contribution in [2.24, 2.45) is 5.10 Å². The van der Waals surface area contributed by atoms with Gasteiger partial charge in [0.05, 0.1) is 22.7 Å². The molecule has 0 aliphatic heterocycles. The molecule has 2 aromatic carbocycles. The van der Waals surface area contributed by atoms with Crippen LogP contribution in [0.5, 0.6) is 17.2 Å². The molecule has 0 aliphatic rings. The lowest BCUT2D eigenvalue weighted by molar-refractivity contribution is -0.386. The van der Waals surface area contributed by atoms with E-state index < -0.39 is 33.8 Å². The molecule has 0 fully saturated rings. The number of halogens is 1. The van der Waals surface area contributed by atoms with Crippen LogP contribution in [0.2, 0.25) is 0 Å². The molecule has 0 unspecified atom stereocenters. The highest BCUT2D eigenvalue weighted by Crippen LogP contribution is 2.36. The van der Waals surface area contributed by atoms with Crippen molar-refractivity contribution in [1.82, 2.24) is 5.43 Å². The van der Waals surface area contributed by atoms with Crippen LogP contribution in [0, 0.1) is 20.2 Å². The van der Waals surface area contributed by atoms with Crippen LogP contribution in [0.15, 0.2) is 39.9 Å². The third-order valence-electron chi connectivity index (χ3n) is 3.45. The topological polar surface area (TPSA) is 166 Å². The van der Waals surface area contributed by atoms with Crippen molar-refractivity contribution in [3.05, 3.63) is 60.6 Å². The Bertz CT molecular complexity index is 1010. The fraction of sp³-hybridized carbons (Fsp3) is 0.176. The summed E-state index contributed by atoms with van der Waals surface area (Å²) in [5.41, 5.74) is 1.41. The van der Waals surface area contributed by atoms with Gasteiger partial charge in [0.1, 0.15) is 0 Å². The van der Waals surface area contributed by atoms with E-state index in [1.165, 1.54) is 24.3 Å². The van der Waals surface area contributed by atoms with Gasteiger partial charge >= 0.3 is 11.4 Å². The Morgan fingerprint density at radius 1 is 1.17 bits per heavy atom. The lowest BCUT2D eigenvalue weighted by Crippen LogP contribution is -2.24. The number of ether oxygens (including phenoxy) is 2. The largest absolute Gasteiger partial charge is 0.500 e. The molecule has 158 valence electrons. The lowest BCUT2D eigenvalue weighted by Gasteiger charge is -2.07. The first kappa shape index (κ1) is 22.5. The zero-order chi connectivity index (χ0) is 22.3. The quantitative estimate of drug-likeness (QED) is 0.312. The highest BCUT2D eigenvalue weighted by molar-refractivity contribution is 9.10. The predicted octanol–water partition coefficient (Wildman–Crippen LogP) is 2.90. The molecule has 0 spiro atoms. The number of hydrogen-bond donors (Lipinski definition) is 2. The average molecular weight is 483 g/mol. The maximum absolute atomic E-state index is 11.9. The standard InChI is InChI=1S/C17H15BrN4O8/c1-2-29-15-6-10(5-13(17(15)24)22(27)28)8-19-20-16(23)9-30-14-4-3-11(18)7-12(14)21(25)26/h3-8,24H,2,9H2,1H3,(H,20,23). The number of aromatic hydroxyl groups is 1. The van der Waals surface area contributed by atoms with Crippen molar-refractivity contribution in [2.75, 3.05) is 13.2 Å². The molecule has 12 nitrogen and oxygen atoms in total. The first-order chi connectivity index (χ1) is 14.2. The number of rotatable bonds is 9. The summed E-state index contributed by atoms with van der Waals surface area (Å²) in [5.74, 6) is -1.54. The van der Waals surface area contributed by atoms with Crippen molar-refractivity contribution in [1.29, 1.82) is 0 Å². The number of phenols is 1. The van der Waals surface area contributed by atoms with Gasteiger partial charge in [0, 0.05) is 22.2 Å². The second-order valence-corrected chi connectivity index (χ2v) is 6.44. The van der Waals surface area contributed by atoms with E-state index in [0.717, 1.165) is 12.3 Å². The van der Waals surface area contributed by atoms with Crippen LogP contribution in [-0.4, -0.2) is 40.3 Å². The number of hydrogen-bond acceptors (Lipinski definition) is 9. The first-order valence-corrected chi connectivity index (χ1v) is 9.05. The SMILES string of the molecule is CCOc1cc(C=NNC(=O)COc2ccc(Br)cc2[N+](=O)[O-])cc([N+](=O)[O-])c1O. The van der Waals surface area contributed by atoms with E-state index in [9.17, 15) is 30.1 Å². The molecule has 0 bridgehead atoms. The minimum absolute atomic E-state index is 0.0992. The summed E-state index contributed by atoms with van der Waals surface area (Å²) in [6.45, 7) is 1.25. The van der Waals surface area contributed by atoms with Gasteiger partial charge in [-0.1, -0.05) is 15.9 Å². The second kappa shape index (κ2) is 10.2. The molecule has 30 heavy (non-hydrogen) atoms. The van der Waals surface area contributed by atoms with Crippen molar-refractivity contribution in [2.45, 2.75) is 6.92 Å². The van der Waals surface area contributed by atoms with Crippen molar-refractivity contribution < 1.29 is 29.2 Å². The van der Waals surface area contributed by atoms with Crippen LogP contribution >= 0.6 is 15.9 Å². The normalized spacial score (nSPS) is 10.6. The van der Waals surface area contributed by atoms with Crippen molar-refractivity contribution in [3.63, 3.8) is 0 Å². The number of carbonyl (C=O) groups excluding carboxylic acids is 1. The molecular formula is C17H15BrN4O8. The van der Waals surface area contributed by atoms with Gasteiger partial charge in [0.15, 0.2) is 18.1 Å². The van der Waals surface area contributed by atoms with E-state index in [1.807, 2.05) is 0 Å². The van der Waals surface area contributed by atoms with Crippen LogP contribution < -0.4 is 14.9 Å². The number of nitrogens with zero attached hydrogens (tertiary/aromatic N) is 3. The molecule has 0 saturated heterocycles. The number of hydrazone groups is 1. The van der Waals surface area contributed by atoms with Crippen LogP contribution in [0.3, 0.4) is 0 Å². The van der Waals surface area contributed by atoms with E-state index in [0.29, 0.717) is 4.47 Å². The smallest absolute Gasteiger partial charge is 0.315 e. The Hall–Kier alpha value is -3.74. The van der Waals surface area contributed by atoms with Gasteiger partial charge in [-0.15, -0.1) is 0 Å². The van der Waals surface area contributed by atoms with Crippen LogP contribution in [0.25, 0.3) is 0 Å². The van der Waals surface area contributed by atoms with Gasteiger partial charge in [-0.2, -0.15) is 5.10 Å². The molecule has 0 aromatic heterocycles. The summed E-state index contributed by atoms with van der Waals surface area (Å²) in [4.78, 5) is 32.5. The number of nitro benzene ring substituents is 2. The second-order valence-electron chi connectivity index (χ2n) is 5.53. The van der Waals surface area contributed by atoms with Gasteiger partial charge in [0.2, 0.25) is 5.75 Å². The van der Waals surface area contributed by atoms with Crippen molar-refractivity contribution >= 4 is 39.4 Å². The summed E-state index contributed by atoms with van der Waals surface area (Å²) in [6.07, 6.45) is 1.11. The third-order valence-corrected chi connectivity index (χ3v) is 3.95. The van der Waals surface area contributed by atoms with E-state index in [4.69, 9.17) is 9.47 Å². The highest BCUT2D eigenvalue weighted by atomic mass is 79.9. The fourth-order valence-corrected chi connectivity index (χ4v) is 2.55. The minimum Gasteiger partial charge on any atom is -0.500 e. The highest BCUT2D eigenvalue weighted by Gasteiger charge is 2.20. The Kier molecular flexibility index (Phi) is 7.63. The fourth-order valence-electron chi connectivity index (χ4n) is 2.20. The molecule has 1 amide bonds. The number of amides is 1. The van der Waals surface area contributed by atoms with Gasteiger partial charge in [0.25, 0.3) is 5.91 Å². The molecule has 0 saturated carbocycles. The predicted molar refractivity (Wildman–Crippen MR) is 108 cm³/mol. The number of nitro groups is 2. The molecular weight excluding hydrogens is 468 g/mol. The van der Waals surface area contributed by atoms with E-state index in [-0.39, 0.29) is 29.4 Å². The number of benzene rings is 2. The van der Waals surface area contributed by atoms with Crippen LogP contribution in [0.4, 0.5) is 11.4 Å². The molecule has 2 rings (SSSR count). The molecule has 0 heterocycles. The monoisotopic (exact) mass is 482 g/mol. The van der Waals surface area contributed by atoms with E-state index in [2.05, 4.69) is 26.5 Å². The zero-order valence-corrected chi connectivity index (χ0v) is 17.0. The number of nitrogens with one attached hydrogen (secondary N) is 1. The Morgan fingerprint density at radius 2 is 1.87 bits per heavy atom. The average Bonchev–Trinajstić information content (AvgIpc) is 2.69. The third kappa shape index (κ3) is 5.88. The summed E-state index contributed by atoms with van der Waals surface area (Å²) >= 11 is 3.11. The molecule has 0 atom stereocenters. The summed E-state index contributed by atoms with van der Waals surface area (Å²) < 4.78 is 10.8. The van der Waals surface area contributed by atoms with Gasteiger partial charge in [-0.3, -0.25) is 25.0 Å². The van der Waals surface area contributed by atoms with Gasteiger partial charge in [-0.05, 0) is 25.1 Å². The molecule has 13 heteroatoms. The Balaban J connectivity index is 2.05. The summed E-state index contributed by atoms with van der Waals surface area (Å²) in [5, 5.41) is 35.6. The summed E-state index contributed by atoms with van der Waals surface area (Å²) in [7, 11) is 0. The Labute approximate surface area is 177 Å². The molecule has 0 radical (unpaired) electrons. The molecule has 2 aromatic rings. The van der Waals surface area contributed by atoms with Crippen LogP contribution in [-0.2, 0) is 4.79 Å². The summed E-state index contributed by atoms with van der Waals surface area (Å²) in [6, 6.07) is 6.45. The maximum Gasteiger partial charge on any atom is 0.315 e. The van der Waals surface area contributed by atoms with Gasteiger partial charge < -0.3 is 14.6 Å². The zero-order valence-electron chi connectivity index (χ0n) is 15.4. The van der Waals surface area contributed by atoms with Crippen molar-refractivity contribution in [3.8, 4) is 17.2 Å². The maximum atomic E-state index is 11.9. The Morgan fingerprint density at radius 3 is 2.50 bits per heavy atom. The van der Waals surface area contributed by atoms with E-state index >= 15 is 0 Å². The lowest BCUT2D eigenvalue weighted by atomic mass is 10.2. The minimum atomic E-state index is -0.785. The van der Waals surface area contributed by atoms with Crippen LogP contribution in [0.1, 0.15) is 12.5 Å². The first-order valence-electron chi connectivity index (χ1n) is 8.25. The molecule has 2 N–H and O–H groups in total. The van der Waals surface area contributed by atoms with E-state index in [1.54, 1.807) is 6.92 Å².